The van der Waals surface area contributed by atoms with Gasteiger partial charge in [-0.2, -0.15) is 0 Å². The van der Waals surface area contributed by atoms with Crippen molar-refractivity contribution in [3.05, 3.63) is 0 Å². The molecule has 0 rings (SSSR count). The number of carboxylic acid groups (broad SMARTS) is 3. The molecule has 0 saturated heterocycles. The minimum Gasteiger partial charge on any atom is -0.480 e. The van der Waals surface area contributed by atoms with Crippen molar-refractivity contribution in [3.8, 4) is 0 Å². The van der Waals surface area contributed by atoms with Crippen molar-refractivity contribution in [1.82, 2.24) is 9.80 Å². The van der Waals surface area contributed by atoms with E-state index in [1.165, 1.54) is 0 Å². The third-order valence-corrected chi connectivity index (χ3v) is 2.78. The highest BCUT2D eigenvalue weighted by Crippen LogP contribution is 1.97. The summed E-state index contributed by atoms with van der Waals surface area (Å²) in [6.45, 7) is -3.26. The predicted octanol–water partition coefficient (Wildman–Crippen LogP) is -3.05. The molecule has 142 valence electrons. The molecular weight excluding hydrogens is 344 g/mol. The lowest BCUT2D eigenvalue weighted by Gasteiger charge is -2.24. The number of aliphatic hydroxyl groups is 1. The Morgan fingerprint density at radius 1 is 0.840 bits per heavy atom. The van der Waals surface area contributed by atoms with Crippen molar-refractivity contribution in [1.29, 1.82) is 0 Å². The molecule has 0 amide bonds. The quantitative estimate of drug-likeness (QED) is 0.181. The average molecular weight is 364 g/mol. The van der Waals surface area contributed by atoms with Crippen LogP contribution >= 0.6 is 0 Å². The van der Waals surface area contributed by atoms with Gasteiger partial charge in [-0.3, -0.25) is 33.8 Å². The van der Waals surface area contributed by atoms with Crippen LogP contribution in [0.3, 0.4) is 0 Å². The van der Waals surface area contributed by atoms with Crippen LogP contribution < -0.4 is 0 Å². The number of nitrogens with zero attached hydrogens (tertiary/aromatic N) is 2. The number of carboxylic acids is 3. The van der Waals surface area contributed by atoms with E-state index in [1.54, 1.807) is 0 Å². The molecule has 0 aromatic heterocycles. The second-order valence-electron chi connectivity index (χ2n) is 4.95. The SMILES string of the molecule is O=CC(CO)OC(=O)CN(CCN(CC(=O)O)CC(=O)O)CC(=O)O. The lowest BCUT2D eigenvalue weighted by Crippen LogP contribution is -2.44. The monoisotopic (exact) mass is 364 g/mol. The molecule has 0 spiro atoms. The van der Waals surface area contributed by atoms with E-state index < -0.39 is 62.8 Å². The van der Waals surface area contributed by atoms with E-state index in [-0.39, 0.29) is 19.4 Å². The normalized spacial score (nSPS) is 12.0. The van der Waals surface area contributed by atoms with Crippen molar-refractivity contribution >= 4 is 30.2 Å². The van der Waals surface area contributed by atoms with E-state index >= 15 is 0 Å². The van der Waals surface area contributed by atoms with Crippen molar-refractivity contribution in [2.45, 2.75) is 6.10 Å². The lowest BCUT2D eigenvalue weighted by molar-refractivity contribution is -0.156. The lowest BCUT2D eigenvalue weighted by atomic mass is 10.3. The Labute approximate surface area is 142 Å². The topological polar surface area (TPSA) is 182 Å². The number of esters is 1. The van der Waals surface area contributed by atoms with Crippen LogP contribution in [-0.4, -0.2) is 112 Å². The molecule has 4 N–H and O–H groups in total. The Kier molecular flexibility index (Phi) is 10.7. The molecule has 0 bridgehead atoms. The number of hydrogen-bond acceptors (Lipinski definition) is 9. The van der Waals surface area contributed by atoms with Crippen LogP contribution in [0.25, 0.3) is 0 Å². The third-order valence-electron chi connectivity index (χ3n) is 2.78. The Bertz CT molecular complexity index is 479. The van der Waals surface area contributed by atoms with E-state index in [0.29, 0.717) is 0 Å². The first-order chi connectivity index (χ1) is 11.7. The minimum atomic E-state index is -1.37. The van der Waals surface area contributed by atoms with Gasteiger partial charge in [-0.25, -0.2) is 0 Å². The highest BCUT2D eigenvalue weighted by atomic mass is 16.6. The van der Waals surface area contributed by atoms with Crippen LogP contribution in [0.5, 0.6) is 0 Å². The number of ether oxygens (including phenoxy) is 1. The van der Waals surface area contributed by atoms with E-state index in [0.717, 1.165) is 9.80 Å². The zero-order chi connectivity index (χ0) is 19.4. The fourth-order valence-electron chi connectivity index (χ4n) is 1.78. The van der Waals surface area contributed by atoms with Crippen molar-refractivity contribution in [2.24, 2.45) is 0 Å². The van der Waals surface area contributed by atoms with Gasteiger partial charge in [-0.1, -0.05) is 0 Å². The summed E-state index contributed by atoms with van der Waals surface area (Å²) in [5.41, 5.74) is 0. The smallest absolute Gasteiger partial charge is 0.320 e. The Hall–Kier alpha value is -2.57. The van der Waals surface area contributed by atoms with Crippen molar-refractivity contribution < 1.29 is 49.1 Å². The van der Waals surface area contributed by atoms with Gasteiger partial charge < -0.3 is 25.2 Å². The molecule has 0 aliphatic rings. The zero-order valence-corrected chi connectivity index (χ0v) is 13.2. The zero-order valence-electron chi connectivity index (χ0n) is 13.2. The fourth-order valence-corrected chi connectivity index (χ4v) is 1.78. The summed E-state index contributed by atoms with van der Waals surface area (Å²) < 4.78 is 4.60. The number of aliphatic carboxylic acids is 3. The van der Waals surface area contributed by atoms with Gasteiger partial charge >= 0.3 is 23.9 Å². The van der Waals surface area contributed by atoms with Crippen LogP contribution in [-0.2, 0) is 28.7 Å². The Morgan fingerprint density at radius 3 is 1.56 bits per heavy atom. The summed E-state index contributed by atoms with van der Waals surface area (Å²) in [5, 5.41) is 35.1. The highest BCUT2D eigenvalue weighted by Gasteiger charge is 2.20. The molecule has 0 aliphatic carbocycles. The molecule has 0 aliphatic heterocycles. The largest absolute Gasteiger partial charge is 0.480 e. The standard InChI is InChI=1S/C13H20N2O10/c16-7-9(8-17)25-13(24)6-15(5-12(22)23)2-1-14(3-10(18)19)4-11(20)21/h7,9,17H,1-6,8H2,(H,18,19)(H,20,21)(H,22,23). The number of hydrogen-bond donors (Lipinski definition) is 4. The van der Waals surface area contributed by atoms with Gasteiger partial charge in [0.15, 0.2) is 12.4 Å². The highest BCUT2D eigenvalue weighted by molar-refractivity contribution is 5.76. The molecule has 1 atom stereocenters. The van der Waals surface area contributed by atoms with Crippen molar-refractivity contribution in [2.75, 3.05) is 45.9 Å². The molecule has 0 aromatic carbocycles. The van der Waals surface area contributed by atoms with Crippen LogP contribution in [0.1, 0.15) is 0 Å². The maximum atomic E-state index is 11.6. The van der Waals surface area contributed by atoms with Gasteiger partial charge in [0.25, 0.3) is 0 Å². The number of carbonyl (C=O) groups excluding carboxylic acids is 2. The first-order valence-corrected chi connectivity index (χ1v) is 7.03. The molecule has 0 saturated carbocycles. The van der Waals surface area contributed by atoms with E-state index in [1.807, 2.05) is 0 Å². The van der Waals surface area contributed by atoms with Gasteiger partial charge in [0, 0.05) is 13.1 Å². The first kappa shape index (κ1) is 22.4. The van der Waals surface area contributed by atoms with Gasteiger partial charge in [0.2, 0.25) is 0 Å². The fraction of sp³-hybridized carbons (Fsp3) is 0.615. The minimum absolute atomic E-state index is 0.129. The molecule has 25 heavy (non-hydrogen) atoms. The van der Waals surface area contributed by atoms with E-state index in [2.05, 4.69) is 4.74 Å². The van der Waals surface area contributed by atoms with Crippen LogP contribution in [0, 0.1) is 0 Å². The van der Waals surface area contributed by atoms with Gasteiger partial charge in [-0.05, 0) is 0 Å². The summed E-state index contributed by atoms with van der Waals surface area (Å²) in [7, 11) is 0. The number of carbonyl (C=O) groups is 5. The van der Waals surface area contributed by atoms with Gasteiger partial charge in [0.05, 0.1) is 32.8 Å². The molecular formula is C13H20N2O10. The van der Waals surface area contributed by atoms with Gasteiger partial charge in [-0.15, -0.1) is 0 Å². The van der Waals surface area contributed by atoms with Crippen LogP contribution in [0.4, 0.5) is 0 Å². The second-order valence-corrected chi connectivity index (χ2v) is 4.95. The number of aliphatic hydroxyl groups excluding tert-OH is 1. The summed E-state index contributed by atoms with van der Waals surface area (Å²) in [5.74, 6) is -4.76. The summed E-state index contributed by atoms with van der Waals surface area (Å²) >= 11 is 0. The Morgan fingerprint density at radius 2 is 1.24 bits per heavy atom. The van der Waals surface area contributed by atoms with Gasteiger partial charge in [0.1, 0.15) is 0 Å². The molecule has 0 radical (unpaired) electrons. The average Bonchev–Trinajstić information content (AvgIpc) is 2.48. The van der Waals surface area contributed by atoms with Crippen LogP contribution in [0.2, 0.25) is 0 Å². The molecule has 0 aromatic rings. The molecule has 0 heterocycles. The molecule has 0 fully saturated rings. The maximum Gasteiger partial charge on any atom is 0.320 e. The predicted molar refractivity (Wildman–Crippen MR) is 78.8 cm³/mol. The summed E-state index contributed by atoms with van der Waals surface area (Å²) in [6.07, 6.45) is -1.16. The van der Waals surface area contributed by atoms with E-state index in [9.17, 15) is 24.0 Å². The first-order valence-electron chi connectivity index (χ1n) is 7.03. The number of aldehydes is 1. The third kappa shape index (κ3) is 11.6. The van der Waals surface area contributed by atoms with E-state index in [4.69, 9.17) is 20.4 Å². The summed E-state index contributed by atoms with van der Waals surface area (Å²) in [4.78, 5) is 56.5. The molecule has 12 nitrogen and oxygen atoms in total. The molecule has 1 unspecified atom stereocenters. The summed E-state index contributed by atoms with van der Waals surface area (Å²) in [6, 6.07) is 0. The second kappa shape index (κ2) is 11.9. The Balaban J connectivity index is 4.75. The molecule has 12 heteroatoms. The van der Waals surface area contributed by atoms with Crippen molar-refractivity contribution in [3.63, 3.8) is 0 Å². The van der Waals surface area contributed by atoms with Crippen LogP contribution in [0.15, 0.2) is 0 Å². The maximum absolute atomic E-state index is 11.6. The number of rotatable bonds is 14.